The number of nitrogens with two attached hydrogens (primary N) is 1. The fourth-order valence-corrected chi connectivity index (χ4v) is 3.49. The topological polar surface area (TPSA) is 55.6 Å². The second-order valence-electron chi connectivity index (χ2n) is 5.53. The van der Waals surface area contributed by atoms with Crippen molar-refractivity contribution in [1.82, 2.24) is 4.90 Å². The van der Waals surface area contributed by atoms with Crippen molar-refractivity contribution in [2.75, 3.05) is 18.9 Å². The maximum Gasteiger partial charge on any atom is 0.254 e. The second kappa shape index (κ2) is 5.62. The molecule has 0 aromatic heterocycles. The molecule has 1 saturated carbocycles. The van der Waals surface area contributed by atoms with E-state index in [1.165, 1.54) is 6.42 Å². The number of benzene rings is 1. The highest BCUT2D eigenvalue weighted by Gasteiger charge is 2.36. The van der Waals surface area contributed by atoms with E-state index in [1.54, 1.807) is 18.2 Å². The molecule has 1 aliphatic carbocycles. The lowest BCUT2D eigenvalue weighted by molar-refractivity contribution is -0.0752. The van der Waals surface area contributed by atoms with Crippen LogP contribution >= 0.6 is 11.6 Å². The zero-order valence-corrected chi connectivity index (χ0v) is 12.1. The summed E-state index contributed by atoms with van der Waals surface area (Å²) in [5, 5.41) is 0.502. The first-order valence-electron chi connectivity index (χ1n) is 7.14. The fourth-order valence-electron chi connectivity index (χ4n) is 3.25. The van der Waals surface area contributed by atoms with E-state index < -0.39 is 0 Å². The van der Waals surface area contributed by atoms with Crippen LogP contribution in [0.15, 0.2) is 18.2 Å². The van der Waals surface area contributed by atoms with Crippen LogP contribution in [0.3, 0.4) is 0 Å². The summed E-state index contributed by atoms with van der Waals surface area (Å²) in [6.45, 7) is 1.26. The first-order valence-corrected chi connectivity index (χ1v) is 7.51. The van der Waals surface area contributed by atoms with Crippen molar-refractivity contribution in [1.29, 1.82) is 0 Å². The molecule has 2 N–H and O–H groups in total. The largest absolute Gasteiger partial charge is 0.399 e. The predicted molar refractivity (Wildman–Crippen MR) is 78.9 cm³/mol. The monoisotopic (exact) mass is 294 g/mol. The van der Waals surface area contributed by atoms with Gasteiger partial charge in [-0.3, -0.25) is 4.79 Å². The molecular formula is C15H19ClN2O2. The molecule has 1 aromatic rings. The first kappa shape index (κ1) is 13.7. The SMILES string of the molecule is Nc1cc(Cl)cc(C(=O)N2CCOC3CCCCC32)c1. The van der Waals surface area contributed by atoms with Crippen molar-refractivity contribution in [2.45, 2.75) is 37.8 Å². The van der Waals surface area contributed by atoms with Gasteiger partial charge < -0.3 is 15.4 Å². The van der Waals surface area contributed by atoms with Gasteiger partial charge in [-0.05, 0) is 31.0 Å². The summed E-state index contributed by atoms with van der Waals surface area (Å²) in [5.41, 5.74) is 6.87. The maximum absolute atomic E-state index is 12.7. The van der Waals surface area contributed by atoms with E-state index >= 15 is 0 Å². The number of fused-ring (bicyclic) bond motifs is 1. The van der Waals surface area contributed by atoms with Crippen molar-refractivity contribution in [2.24, 2.45) is 0 Å². The molecule has 1 aliphatic heterocycles. The number of carbonyl (C=O) groups excluding carboxylic acids is 1. The second-order valence-corrected chi connectivity index (χ2v) is 5.97. The number of rotatable bonds is 1. The Kier molecular flexibility index (Phi) is 3.85. The highest BCUT2D eigenvalue weighted by molar-refractivity contribution is 6.31. The quantitative estimate of drug-likeness (QED) is 0.810. The minimum atomic E-state index is 0.0133. The Morgan fingerprint density at radius 2 is 2.10 bits per heavy atom. The van der Waals surface area contributed by atoms with Gasteiger partial charge in [0.25, 0.3) is 5.91 Å². The van der Waals surface area contributed by atoms with E-state index in [-0.39, 0.29) is 18.1 Å². The van der Waals surface area contributed by atoms with Crippen molar-refractivity contribution >= 4 is 23.2 Å². The highest BCUT2D eigenvalue weighted by Crippen LogP contribution is 2.30. The van der Waals surface area contributed by atoms with Crippen LogP contribution in [0, 0.1) is 0 Å². The molecule has 0 radical (unpaired) electrons. The summed E-state index contributed by atoms with van der Waals surface area (Å²) in [6.07, 6.45) is 4.61. The van der Waals surface area contributed by atoms with Gasteiger partial charge in [0, 0.05) is 22.8 Å². The molecule has 2 unspecified atom stereocenters. The van der Waals surface area contributed by atoms with Crippen LogP contribution in [0.2, 0.25) is 5.02 Å². The standard InChI is InChI=1S/C15H19ClN2O2/c16-11-7-10(8-12(17)9-11)15(19)18-5-6-20-14-4-2-1-3-13(14)18/h7-9,13-14H,1-6,17H2. The van der Waals surface area contributed by atoms with E-state index in [4.69, 9.17) is 22.1 Å². The van der Waals surface area contributed by atoms with Gasteiger partial charge in [-0.1, -0.05) is 24.4 Å². The van der Waals surface area contributed by atoms with Crippen LogP contribution in [0.1, 0.15) is 36.0 Å². The van der Waals surface area contributed by atoms with Crippen LogP contribution in [0.4, 0.5) is 5.69 Å². The molecule has 1 saturated heterocycles. The van der Waals surface area contributed by atoms with Crippen molar-refractivity contribution in [3.8, 4) is 0 Å². The average Bonchev–Trinajstić information content (AvgIpc) is 2.45. The zero-order chi connectivity index (χ0) is 14.1. The molecule has 108 valence electrons. The fraction of sp³-hybridized carbons (Fsp3) is 0.533. The first-order chi connectivity index (χ1) is 9.65. The molecule has 0 bridgehead atoms. The number of anilines is 1. The summed E-state index contributed by atoms with van der Waals surface area (Å²) in [7, 11) is 0. The molecule has 1 heterocycles. The molecule has 1 aromatic carbocycles. The molecule has 2 atom stereocenters. The molecule has 1 amide bonds. The lowest BCUT2D eigenvalue weighted by atomic mass is 9.89. The third-order valence-electron chi connectivity index (χ3n) is 4.16. The van der Waals surface area contributed by atoms with E-state index in [0.29, 0.717) is 29.4 Å². The molecule has 5 heteroatoms. The molecule has 0 spiro atoms. The molecule has 20 heavy (non-hydrogen) atoms. The van der Waals surface area contributed by atoms with Crippen molar-refractivity contribution < 1.29 is 9.53 Å². The normalized spacial score (nSPS) is 26.1. The minimum absolute atomic E-state index is 0.0133. The summed E-state index contributed by atoms with van der Waals surface area (Å²) in [4.78, 5) is 14.7. The number of amides is 1. The Morgan fingerprint density at radius 3 is 2.90 bits per heavy atom. The van der Waals surface area contributed by atoms with Gasteiger partial charge in [0.1, 0.15) is 0 Å². The number of hydrogen-bond donors (Lipinski definition) is 1. The molecular weight excluding hydrogens is 276 g/mol. The predicted octanol–water partition coefficient (Wildman–Crippen LogP) is 2.71. The summed E-state index contributed by atoms with van der Waals surface area (Å²) < 4.78 is 5.80. The smallest absolute Gasteiger partial charge is 0.254 e. The van der Waals surface area contributed by atoms with Gasteiger partial charge in [0.15, 0.2) is 0 Å². The van der Waals surface area contributed by atoms with Crippen molar-refractivity contribution in [3.63, 3.8) is 0 Å². The average molecular weight is 295 g/mol. The number of ether oxygens (including phenoxy) is 1. The van der Waals surface area contributed by atoms with E-state index in [0.717, 1.165) is 19.3 Å². The molecule has 2 aliphatic rings. The summed E-state index contributed by atoms with van der Waals surface area (Å²) >= 11 is 6.00. The van der Waals surface area contributed by atoms with E-state index in [9.17, 15) is 4.79 Å². The van der Waals surface area contributed by atoms with Gasteiger partial charge in [-0.15, -0.1) is 0 Å². The van der Waals surface area contributed by atoms with E-state index in [2.05, 4.69) is 0 Å². The lowest BCUT2D eigenvalue weighted by Crippen LogP contribution is -2.54. The molecule has 4 nitrogen and oxygen atoms in total. The summed E-state index contributed by atoms with van der Waals surface area (Å²) in [6, 6.07) is 5.24. The maximum atomic E-state index is 12.7. The molecule has 3 rings (SSSR count). The summed E-state index contributed by atoms with van der Waals surface area (Å²) in [5.74, 6) is 0.0133. The Hall–Kier alpha value is -1.26. The third kappa shape index (κ3) is 2.63. The van der Waals surface area contributed by atoms with E-state index in [1.807, 2.05) is 4.90 Å². The van der Waals surface area contributed by atoms with Gasteiger partial charge >= 0.3 is 0 Å². The third-order valence-corrected chi connectivity index (χ3v) is 4.38. The Bertz CT molecular complexity index is 498. The highest BCUT2D eigenvalue weighted by atomic mass is 35.5. The van der Waals surface area contributed by atoms with Gasteiger partial charge in [-0.2, -0.15) is 0 Å². The van der Waals surface area contributed by atoms with Gasteiger partial charge in [-0.25, -0.2) is 0 Å². The minimum Gasteiger partial charge on any atom is -0.399 e. The number of hydrogen-bond acceptors (Lipinski definition) is 3. The molecule has 2 fully saturated rings. The number of halogens is 1. The van der Waals surface area contributed by atoms with Crippen LogP contribution < -0.4 is 5.73 Å². The zero-order valence-electron chi connectivity index (χ0n) is 11.3. The van der Waals surface area contributed by atoms with Crippen LogP contribution in [-0.4, -0.2) is 36.1 Å². The number of morpholine rings is 1. The lowest BCUT2D eigenvalue weighted by Gasteiger charge is -2.43. The van der Waals surface area contributed by atoms with Gasteiger partial charge in [0.05, 0.1) is 18.8 Å². The number of nitrogens with zero attached hydrogens (tertiary/aromatic N) is 1. The van der Waals surface area contributed by atoms with Crippen molar-refractivity contribution in [3.05, 3.63) is 28.8 Å². The number of carbonyl (C=O) groups is 1. The van der Waals surface area contributed by atoms with Crippen LogP contribution in [0.25, 0.3) is 0 Å². The Balaban J connectivity index is 1.84. The van der Waals surface area contributed by atoms with Gasteiger partial charge in [0.2, 0.25) is 0 Å². The van der Waals surface area contributed by atoms with Crippen LogP contribution in [0.5, 0.6) is 0 Å². The van der Waals surface area contributed by atoms with Crippen LogP contribution in [-0.2, 0) is 4.74 Å². The Labute approximate surface area is 123 Å². The number of nitrogen functional groups attached to an aromatic ring is 1. The Morgan fingerprint density at radius 1 is 1.30 bits per heavy atom.